The second kappa shape index (κ2) is 7.16. The standard InChI is InChI=1S/C13H24N4O/c1-4-14-11-8-12(17-10-16-11)15-9-13(2,3)6-5-7-18/h8,10,18H,4-7,9H2,1-3H3,(H2,14,15,16,17). The molecular formula is C13H24N4O. The molecule has 0 saturated heterocycles. The summed E-state index contributed by atoms with van der Waals surface area (Å²) in [5.74, 6) is 1.67. The van der Waals surface area contributed by atoms with Crippen LogP contribution in [-0.2, 0) is 0 Å². The highest BCUT2D eigenvalue weighted by molar-refractivity contribution is 5.46. The molecule has 3 N–H and O–H groups in total. The molecule has 0 spiro atoms. The topological polar surface area (TPSA) is 70.1 Å². The lowest BCUT2D eigenvalue weighted by Gasteiger charge is -2.24. The van der Waals surface area contributed by atoms with Crippen molar-refractivity contribution in [3.63, 3.8) is 0 Å². The number of aliphatic hydroxyl groups is 1. The zero-order chi connectivity index (χ0) is 13.4. The number of aliphatic hydroxyl groups excluding tert-OH is 1. The molecule has 0 aliphatic heterocycles. The van der Waals surface area contributed by atoms with Crippen LogP contribution < -0.4 is 10.6 Å². The van der Waals surface area contributed by atoms with Crippen LogP contribution in [0.1, 0.15) is 33.6 Å². The Labute approximate surface area is 109 Å². The number of hydrogen-bond acceptors (Lipinski definition) is 5. The van der Waals surface area contributed by atoms with E-state index in [1.165, 1.54) is 0 Å². The van der Waals surface area contributed by atoms with Gasteiger partial charge in [-0.05, 0) is 25.2 Å². The van der Waals surface area contributed by atoms with Crippen LogP contribution in [0.4, 0.5) is 11.6 Å². The molecule has 0 aliphatic rings. The van der Waals surface area contributed by atoms with Crippen molar-refractivity contribution in [3.8, 4) is 0 Å². The summed E-state index contributed by atoms with van der Waals surface area (Å²) < 4.78 is 0. The van der Waals surface area contributed by atoms with Gasteiger partial charge in [-0.1, -0.05) is 13.8 Å². The SMILES string of the molecule is CCNc1cc(NCC(C)(C)CCCO)ncn1. The fourth-order valence-electron chi connectivity index (χ4n) is 1.71. The molecule has 0 unspecified atom stereocenters. The zero-order valence-electron chi connectivity index (χ0n) is 11.5. The third-order valence-corrected chi connectivity index (χ3v) is 2.78. The number of hydrogen-bond donors (Lipinski definition) is 3. The third-order valence-electron chi connectivity index (χ3n) is 2.78. The van der Waals surface area contributed by atoms with Gasteiger partial charge < -0.3 is 15.7 Å². The van der Waals surface area contributed by atoms with Crippen LogP contribution in [0, 0.1) is 5.41 Å². The molecule has 0 radical (unpaired) electrons. The van der Waals surface area contributed by atoms with Crippen molar-refractivity contribution in [2.45, 2.75) is 33.6 Å². The van der Waals surface area contributed by atoms with Crippen LogP contribution in [0.5, 0.6) is 0 Å². The summed E-state index contributed by atoms with van der Waals surface area (Å²) in [6, 6.07) is 1.91. The van der Waals surface area contributed by atoms with Crippen LogP contribution in [-0.4, -0.2) is 34.8 Å². The molecule has 5 heteroatoms. The number of nitrogens with zero attached hydrogens (tertiary/aromatic N) is 2. The molecule has 0 atom stereocenters. The van der Waals surface area contributed by atoms with Gasteiger partial charge in [-0.25, -0.2) is 9.97 Å². The summed E-state index contributed by atoms with van der Waals surface area (Å²) in [7, 11) is 0. The molecule has 0 saturated carbocycles. The average Bonchev–Trinajstić information content (AvgIpc) is 2.35. The molecule has 0 aromatic carbocycles. The maximum atomic E-state index is 8.86. The van der Waals surface area contributed by atoms with Crippen LogP contribution in [0.2, 0.25) is 0 Å². The molecule has 18 heavy (non-hydrogen) atoms. The molecule has 1 aromatic heterocycles. The second-order valence-electron chi connectivity index (χ2n) is 5.16. The summed E-state index contributed by atoms with van der Waals surface area (Å²) in [5, 5.41) is 15.3. The highest BCUT2D eigenvalue weighted by atomic mass is 16.2. The van der Waals surface area contributed by atoms with Crippen molar-refractivity contribution in [2.24, 2.45) is 5.41 Å². The summed E-state index contributed by atoms with van der Waals surface area (Å²) in [5.41, 5.74) is 0.145. The fraction of sp³-hybridized carbons (Fsp3) is 0.692. The van der Waals surface area contributed by atoms with Gasteiger partial charge in [0.25, 0.3) is 0 Å². The summed E-state index contributed by atoms with van der Waals surface area (Å²) >= 11 is 0. The van der Waals surface area contributed by atoms with Gasteiger partial charge in [-0.2, -0.15) is 0 Å². The minimum absolute atomic E-state index is 0.145. The minimum atomic E-state index is 0.145. The molecule has 0 bridgehead atoms. The Morgan fingerprint density at radius 3 is 2.50 bits per heavy atom. The molecule has 5 nitrogen and oxygen atoms in total. The van der Waals surface area contributed by atoms with Gasteiger partial charge in [-0.3, -0.25) is 0 Å². The highest BCUT2D eigenvalue weighted by Crippen LogP contribution is 2.22. The number of nitrogens with one attached hydrogen (secondary N) is 2. The van der Waals surface area contributed by atoms with E-state index in [0.29, 0.717) is 0 Å². The van der Waals surface area contributed by atoms with Gasteiger partial charge in [0.15, 0.2) is 0 Å². The van der Waals surface area contributed by atoms with E-state index < -0.39 is 0 Å². The number of anilines is 2. The molecule has 0 fully saturated rings. The van der Waals surface area contributed by atoms with E-state index in [9.17, 15) is 0 Å². The predicted molar refractivity (Wildman–Crippen MR) is 74.8 cm³/mol. The molecule has 1 aromatic rings. The van der Waals surface area contributed by atoms with Crippen LogP contribution in [0.15, 0.2) is 12.4 Å². The van der Waals surface area contributed by atoms with Gasteiger partial charge in [0.1, 0.15) is 18.0 Å². The van der Waals surface area contributed by atoms with Crippen LogP contribution in [0.25, 0.3) is 0 Å². The first-order valence-corrected chi connectivity index (χ1v) is 6.48. The largest absolute Gasteiger partial charge is 0.396 e. The maximum Gasteiger partial charge on any atom is 0.131 e. The van der Waals surface area contributed by atoms with E-state index in [-0.39, 0.29) is 12.0 Å². The van der Waals surface area contributed by atoms with Gasteiger partial charge in [0.2, 0.25) is 0 Å². The fourth-order valence-corrected chi connectivity index (χ4v) is 1.71. The van der Waals surface area contributed by atoms with E-state index in [2.05, 4.69) is 34.4 Å². The highest BCUT2D eigenvalue weighted by Gasteiger charge is 2.17. The van der Waals surface area contributed by atoms with E-state index in [1.807, 2.05) is 13.0 Å². The Kier molecular flexibility index (Phi) is 5.85. The van der Waals surface area contributed by atoms with Crippen molar-refractivity contribution in [2.75, 3.05) is 30.3 Å². The Balaban J connectivity index is 2.49. The van der Waals surface area contributed by atoms with Crippen molar-refractivity contribution in [1.82, 2.24) is 9.97 Å². The quantitative estimate of drug-likeness (QED) is 0.661. The third kappa shape index (κ3) is 5.31. The van der Waals surface area contributed by atoms with E-state index >= 15 is 0 Å². The lowest BCUT2D eigenvalue weighted by atomic mass is 9.88. The minimum Gasteiger partial charge on any atom is -0.396 e. The number of aromatic nitrogens is 2. The van der Waals surface area contributed by atoms with Crippen molar-refractivity contribution in [1.29, 1.82) is 0 Å². The lowest BCUT2D eigenvalue weighted by molar-refractivity contribution is 0.248. The van der Waals surface area contributed by atoms with Gasteiger partial charge >= 0.3 is 0 Å². The Morgan fingerprint density at radius 2 is 1.89 bits per heavy atom. The monoisotopic (exact) mass is 252 g/mol. The van der Waals surface area contributed by atoms with Gasteiger partial charge in [0, 0.05) is 25.8 Å². The van der Waals surface area contributed by atoms with Crippen molar-refractivity contribution in [3.05, 3.63) is 12.4 Å². The molecule has 0 aliphatic carbocycles. The van der Waals surface area contributed by atoms with Crippen LogP contribution >= 0.6 is 0 Å². The molecule has 1 heterocycles. The Hall–Kier alpha value is -1.36. The smallest absolute Gasteiger partial charge is 0.131 e. The predicted octanol–water partition coefficient (Wildman–Crippen LogP) is 2.12. The normalized spacial score (nSPS) is 11.3. The van der Waals surface area contributed by atoms with E-state index in [4.69, 9.17) is 5.11 Å². The molecule has 1 rings (SSSR count). The Morgan fingerprint density at radius 1 is 1.22 bits per heavy atom. The van der Waals surface area contributed by atoms with Crippen molar-refractivity contribution < 1.29 is 5.11 Å². The first kappa shape index (κ1) is 14.7. The first-order valence-electron chi connectivity index (χ1n) is 6.48. The summed E-state index contributed by atoms with van der Waals surface area (Å²) in [6.45, 7) is 8.33. The maximum absolute atomic E-state index is 8.86. The van der Waals surface area contributed by atoms with Gasteiger partial charge in [0.05, 0.1) is 0 Å². The Bertz CT molecular complexity index is 355. The lowest BCUT2D eigenvalue weighted by Crippen LogP contribution is -2.23. The second-order valence-corrected chi connectivity index (χ2v) is 5.16. The van der Waals surface area contributed by atoms with Crippen LogP contribution in [0.3, 0.4) is 0 Å². The van der Waals surface area contributed by atoms with Crippen molar-refractivity contribution >= 4 is 11.6 Å². The summed E-state index contributed by atoms with van der Waals surface area (Å²) in [4.78, 5) is 8.32. The van der Waals surface area contributed by atoms with E-state index in [0.717, 1.165) is 37.6 Å². The number of rotatable bonds is 8. The first-order chi connectivity index (χ1) is 8.57. The molecular weight excluding hydrogens is 228 g/mol. The zero-order valence-corrected chi connectivity index (χ0v) is 11.5. The molecule has 0 amide bonds. The summed E-state index contributed by atoms with van der Waals surface area (Å²) in [6.07, 6.45) is 3.38. The van der Waals surface area contributed by atoms with E-state index in [1.54, 1.807) is 6.33 Å². The van der Waals surface area contributed by atoms with Gasteiger partial charge in [-0.15, -0.1) is 0 Å². The molecule has 102 valence electrons. The average molecular weight is 252 g/mol.